The van der Waals surface area contributed by atoms with E-state index in [2.05, 4.69) is 20.3 Å². The molecule has 7 nitrogen and oxygen atoms in total. The van der Waals surface area contributed by atoms with E-state index in [1.165, 1.54) is 7.11 Å². The van der Waals surface area contributed by atoms with E-state index in [4.69, 9.17) is 4.74 Å². The third-order valence-electron chi connectivity index (χ3n) is 3.87. The summed E-state index contributed by atoms with van der Waals surface area (Å²) in [6.07, 6.45) is 3.64. The van der Waals surface area contributed by atoms with Crippen molar-refractivity contribution in [2.45, 2.75) is 32.7 Å². The highest BCUT2D eigenvalue weighted by atomic mass is 32.1. The topological polar surface area (TPSA) is 80.2 Å². The number of methoxy groups -OCH3 is 1. The van der Waals surface area contributed by atoms with Crippen LogP contribution < -0.4 is 5.32 Å². The first kappa shape index (κ1) is 16.8. The molecule has 24 heavy (non-hydrogen) atoms. The Balaban J connectivity index is 1.83. The zero-order chi connectivity index (χ0) is 17.1. The molecule has 1 N–H and O–H groups in total. The van der Waals surface area contributed by atoms with Crippen molar-refractivity contribution in [3.8, 4) is 0 Å². The molecule has 0 spiro atoms. The maximum atomic E-state index is 12.2. The normalized spacial score (nSPS) is 17.3. The van der Waals surface area contributed by atoms with E-state index in [0.717, 1.165) is 35.1 Å². The van der Waals surface area contributed by atoms with Crippen molar-refractivity contribution in [1.82, 2.24) is 19.9 Å². The highest BCUT2D eigenvalue weighted by Gasteiger charge is 2.32. The highest BCUT2D eigenvalue weighted by molar-refractivity contribution is 7.15. The fourth-order valence-corrected chi connectivity index (χ4v) is 3.54. The summed E-state index contributed by atoms with van der Waals surface area (Å²) in [5.41, 5.74) is 0.863. The number of carbonyl (C=O) groups is 1. The fourth-order valence-electron chi connectivity index (χ4n) is 2.87. The van der Waals surface area contributed by atoms with Gasteiger partial charge in [0.2, 0.25) is 5.91 Å². The van der Waals surface area contributed by atoms with Crippen molar-refractivity contribution in [3.63, 3.8) is 0 Å². The quantitative estimate of drug-likeness (QED) is 0.895. The van der Waals surface area contributed by atoms with Gasteiger partial charge in [-0.15, -0.1) is 11.3 Å². The van der Waals surface area contributed by atoms with Crippen molar-refractivity contribution in [2.75, 3.05) is 25.6 Å². The van der Waals surface area contributed by atoms with E-state index >= 15 is 0 Å². The molecule has 8 heteroatoms. The van der Waals surface area contributed by atoms with E-state index < -0.39 is 0 Å². The molecule has 0 unspecified atom stereocenters. The first-order chi connectivity index (χ1) is 11.6. The monoisotopic (exact) mass is 347 g/mol. The van der Waals surface area contributed by atoms with Gasteiger partial charge in [0.25, 0.3) is 0 Å². The van der Waals surface area contributed by atoms with Gasteiger partial charge >= 0.3 is 0 Å². The lowest BCUT2D eigenvalue weighted by atomic mass is 10.2. The van der Waals surface area contributed by atoms with Gasteiger partial charge in [-0.3, -0.25) is 4.79 Å². The number of likely N-dealkylation sites (tertiary alicyclic amines) is 1. The lowest BCUT2D eigenvalue weighted by Gasteiger charge is -2.23. The number of aryl methyl sites for hydroxylation is 2. The smallest absolute Gasteiger partial charge is 0.249 e. The Hall–Kier alpha value is -2.06. The number of hydrogen-bond donors (Lipinski definition) is 1. The molecule has 0 saturated carbocycles. The number of nitrogens with zero attached hydrogens (tertiary/aromatic N) is 4. The molecule has 128 valence electrons. The van der Waals surface area contributed by atoms with Gasteiger partial charge in [-0.05, 0) is 26.7 Å². The summed E-state index contributed by atoms with van der Waals surface area (Å²) < 4.78 is 4.98. The minimum atomic E-state index is -0.0915. The standard InChI is InChI=1S/C16H21N5O2S/c1-10-7-13(20-16-17-8-11(2)24-16)19-15(18-10)12-5-4-6-21(12)14(22)9-23-3/h7-8,12H,4-6,9H2,1-3H3,(H,17,18,19,20)/t12-/m0/s1. The van der Waals surface area contributed by atoms with Crippen LogP contribution in [0.15, 0.2) is 12.3 Å². The number of ether oxygens (including phenoxy) is 1. The van der Waals surface area contributed by atoms with E-state index in [1.807, 2.05) is 31.0 Å². The minimum absolute atomic E-state index is 0.0184. The molecule has 0 aliphatic carbocycles. The van der Waals surface area contributed by atoms with Crippen LogP contribution in [0, 0.1) is 13.8 Å². The molecule has 1 atom stereocenters. The molecule has 1 fully saturated rings. The fraction of sp³-hybridized carbons (Fsp3) is 0.500. The second-order valence-electron chi connectivity index (χ2n) is 5.83. The van der Waals surface area contributed by atoms with Crippen LogP contribution in [0.4, 0.5) is 10.9 Å². The third kappa shape index (κ3) is 3.70. The molecule has 3 heterocycles. The number of anilines is 2. The summed E-state index contributed by atoms with van der Waals surface area (Å²) in [6.45, 7) is 4.75. The number of carbonyl (C=O) groups excluding carboxylic acids is 1. The first-order valence-electron chi connectivity index (χ1n) is 7.90. The second kappa shape index (κ2) is 7.23. The predicted molar refractivity (Wildman–Crippen MR) is 92.5 cm³/mol. The molecule has 0 radical (unpaired) electrons. The summed E-state index contributed by atoms with van der Waals surface area (Å²) in [5, 5.41) is 4.03. The van der Waals surface area contributed by atoms with Crippen LogP contribution in [-0.2, 0) is 9.53 Å². The Labute approximate surface area is 145 Å². The maximum Gasteiger partial charge on any atom is 0.249 e. The molecule has 2 aromatic rings. The average Bonchev–Trinajstić information content (AvgIpc) is 3.16. The molecule has 1 saturated heterocycles. The van der Waals surface area contributed by atoms with Crippen LogP contribution >= 0.6 is 11.3 Å². The van der Waals surface area contributed by atoms with Gasteiger partial charge in [0.05, 0.1) is 6.04 Å². The molecular weight excluding hydrogens is 326 g/mol. The highest BCUT2D eigenvalue weighted by Crippen LogP contribution is 2.31. The Morgan fingerprint density at radius 3 is 3.00 bits per heavy atom. The second-order valence-corrected chi connectivity index (χ2v) is 7.07. The zero-order valence-electron chi connectivity index (χ0n) is 14.1. The summed E-state index contributed by atoms with van der Waals surface area (Å²) in [7, 11) is 1.53. The largest absolute Gasteiger partial charge is 0.375 e. The van der Waals surface area contributed by atoms with Crippen LogP contribution in [0.25, 0.3) is 0 Å². The lowest BCUT2D eigenvalue weighted by molar-refractivity contribution is -0.136. The Morgan fingerprint density at radius 2 is 2.29 bits per heavy atom. The number of aromatic nitrogens is 3. The van der Waals surface area contributed by atoms with Crippen molar-refractivity contribution in [1.29, 1.82) is 0 Å². The Morgan fingerprint density at radius 1 is 1.46 bits per heavy atom. The summed E-state index contributed by atoms with van der Waals surface area (Å²) in [6, 6.07) is 1.79. The van der Waals surface area contributed by atoms with E-state index in [1.54, 1.807) is 11.3 Å². The van der Waals surface area contributed by atoms with E-state index in [0.29, 0.717) is 11.6 Å². The Bertz CT molecular complexity index is 733. The average molecular weight is 347 g/mol. The molecule has 1 aliphatic rings. The predicted octanol–water partition coefficient (Wildman–Crippen LogP) is 2.60. The van der Waals surface area contributed by atoms with Gasteiger partial charge in [0, 0.05) is 36.5 Å². The SMILES string of the molecule is COCC(=O)N1CCC[C@H]1c1nc(C)cc(Nc2ncc(C)s2)n1. The summed E-state index contributed by atoms with van der Waals surface area (Å²) in [5.74, 6) is 1.36. The molecule has 0 aromatic carbocycles. The van der Waals surface area contributed by atoms with Gasteiger partial charge in [-0.25, -0.2) is 15.0 Å². The van der Waals surface area contributed by atoms with Crippen LogP contribution in [-0.4, -0.2) is 46.0 Å². The zero-order valence-corrected chi connectivity index (χ0v) is 14.9. The minimum Gasteiger partial charge on any atom is -0.375 e. The third-order valence-corrected chi connectivity index (χ3v) is 4.69. The number of nitrogens with one attached hydrogen (secondary N) is 1. The van der Waals surface area contributed by atoms with Crippen molar-refractivity contribution < 1.29 is 9.53 Å². The Kier molecular flexibility index (Phi) is 5.06. The van der Waals surface area contributed by atoms with Crippen LogP contribution in [0.3, 0.4) is 0 Å². The van der Waals surface area contributed by atoms with Crippen molar-refractivity contribution in [3.05, 3.63) is 28.7 Å². The number of hydrogen-bond acceptors (Lipinski definition) is 7. The molecular formula is C16H21N5O2S. The number of rotatable bonds is 5. The van der Waals surface area contributed by atoms with Gasteiger partial charge in [-0.2, -0.15) is 0 Å². The molecule has 3 rings (SSSR count). The number of thiazole rings is 1. The first-order valence-corrected chi connectivity index (χ1v) is 8.72. The maximum absolute atomic E-state index is 12.2. The van der Waals surface area contributed by atoms with Crippen LogP contribution in [0.2, 0.25) is 0 Å². The molecule has 2 aromatic heterocycles. The van der Waals surface area contributed by atoms with Gasteiger partial charge in [0.15, 0.2) is 11.0 Å². The molecule has 1 amide bonds. The molecule has 0 bridgehead atoms. The van der Waals surface area contributed by atoms with E-state index in [9.17, 15) is 4.79 Å². The van der Waals surface area contributed by atoms with Crippen LogP contribution in [0.1, 0.15) is 35.3 Å². The summed E-state index contributed by atoms with van der Waals surface area (Å²) >= 11 is 1.57. The van der Waals surface area contributed by atoms with Crippen molar-refractivity contribution in [2.24, 2.45) is 0 Å². The van der Waals surface area contributed by atoms with Gasteiger partial charge < -0.3 is 15.0 Å². The van der Waals surface area contributed by atoms with Gasteiger partial charge in [0.1, 0.15) is 12.4 Å². The van der Waals surface area contributed by atoms with Gasteiger partial charge in [-0.1, -0.05) is 0 Å². The van der Waals surface area contributed by atoms with Crippen molar-refractivity contribution >= 4 is 28.2 Å². The van der Waals surface area contributed by atoms with Crippen LogP contribution in [0.5, 0.6) is 0 Å². The number of amides is 1. The van der Waals surface area contributed by atoms with E-state index in [-0.39, 0.29) is 18.6 Å². The lowest BCUT2D eigenvalue weighted by Crippen LogP contribution is -2.34. The molecule has 1 aliphatic heterocycles. The summed E-state index contributed by atoms with van der Waals surface area (Å²) in [4.78, 5) is 28.6.